The van der Waals surface area contributed by atoms with Crippen molar-refractivity contribution in [2.75, 3.05) is 0 Å². The van der Waals surface area contributed by atoms with Gasteiger partial charge in [0.05, 0.1) is 5.92 Å². The van der Waals surface area contributed by atoms with E-state index in [1.54, 1.807) is 0 Å². The molecule has 6 atom stereocenters. The Morgan fingerprint density at radius 2 is 1.71 bits per heavy atom. The lowest BCUT2D eigenvalue weighted by molar-refractivity contribution is -0.150. The summed E-state index contributed by atoms with van der Waals surface area (Å²) in [7, 11) is 0. The van der Waals surface area contributed by atoms with Crippen LogP contribution >= 0.6 is 0 Å². The number of carboxylic acids is 1. The van der Waals surface area contributed by atoms with E-state index in [0.717, 1.165) is 24.7 Å². The summed E-state index contributed by atoms with van der Waals surface area (Å²) in [5.74, 6) is 1.23. The van der Waals surface area contributed by atoms with Crippen LogP contribution in [-0.4, -0.2) is 23.2 Å². The Balaban J connectivity index is 1.98. The van der Waals surface area contributed by atoms with E-state index in [9.17, 15) is 9.90 Å². The molecule has 0 aromatic rings. The Kier molecular flexibility index (Phi) is 5.02. The van der Waals surface area contributed by atoms with Crippen LogP contribution < -0.4 is 5.32 Å². The van der Waals surface area contributed by atoms with Gasteiger partial charge in [0.1, 0.15) is 0 Å². The molecule has 2 aliphatic carbocycles. The lowest BCUT2D eigenvalue weighted by Gasteiger charge is -2.48. The number of hydrogen-bond donors (Lipinski definition) is 2. The first-order valence-corrected chi connectivity index (χ1v) is 8.72. The predicted octanol–water partition coefficient (Wildman–Crippen LogP) is 3.93. The van der Waals surface area contributed by atoms with Crippen molar-refractivity contribution in [1.82, 2.24) is 5.32 Å². The molecule has 2 aliphatic rings. The van der Waals surface area contributed by atoms with Gasteiger partial charge in [0, 0.05) is 12.1 Å². The van der Waals surface area contributed by atoms with Crippen LogP contribution in [0.15, 0.2) is 0 Å². The third-order valence-corrected chi connectivity index (χ3v) is 6.79. The van der Waals surface area contributed by atoms with E-state index < -0.39 is 5.97 Å². The lowest BCUT2D eigenvalue weighted by atomic mass is 9.60. The molecule has 2 rings (SSSR count). The van der Waals surface area contributed by atoms with Crippen LogP contribution in [0, 0.1) is 29.1 Å². The van der Waals surface area contributed by atoms with Crippen LogP contribution in [-0.2, 0) is 4.79 Å². The zero-order valence-corrected chi connectivity index (χ0v) is 14.4. The molecule has 0 heterocycles. The van der Waals surface area contributed by atoms with E-state index >= 15 is 0 Å². The molecular formula is C18H33NO2. The van der Waals surface area contributed by atoms with Crippen molar-refractivity contribution in [3.8, 4) is 0 Å². The van der Waals surface area contributed by atoms with Crippen LogP contribution in [0.3, 0.4) is 0 Å². The maximum atomic E-state index is 11.5. The van der Waals surface area contributed by atoms with Gasteiger partial charge in [0.2, 0.25) is 0 Å². The Bertz CT molecular complexity index is 379. The minimum absolute atomic E-state index is 0.130. The number of rotatable bonds is 3. The van der Waals surface area contributed by atoms with Gasteiger partial charge in [0.25, 0.3) is 0 Å². The fourth-order valence-corrected chi connectivity index (χ4v) is 4.48. The minimum atomic E-state index is -0.620. The third kappa shape index (κ3) is 3.44. The van der Waals surface area contributed by atoms with E-state index in [1.807, 2.05) is 0 Å². The smallest absolute Gasteiger partial charge is 0.307 e. The van der Waals surface area contributed by atoms with Crippen molar-refractivity contribution in [1.29, 1.82) is 0 Å². The molecule has 0 aromatic heterocycles. The van der Waals surface area contributed by atoms with E-state index in [4.69, 9.17) is 0 Å². The highest BCUT2D eigenvalue weighted by Gasteiger charge is 2.46. The van der Waals surface area contributed by atoms with E-state index in [0.29, 0.717) is 18.0 Å². The Morgan fingerprint density at radius 1 is 1.05 bits per heavy atom. The van der Waals surface area contributed by atoms with Gasteiger partial charge in [-0.3, -0.25) is 4.79 Å². The van der Waals surface area contributed by atoms with Gasteiger partial charge in [-0.05, 0) is 55.3 Å². The molecule has 0 aliphatic heterocycles. The molecule has 0 spiro atoms. The van der Waals surface area contributed by atoms with Crippen LogP contribution in [0.1, 0.15) is 66.7 Å². The lowest BCUT2D eigenvalue weighted by Crippen LogP contribution is -2.54. The molecule has 6 unspecified atom stereocenters. The molecule has 0 saturated heterocycles. The van der Waals surface area contributed by atoms with Crippen molar-refractivity contribution >= 4 is 5.97 Å². The first-order valence-electron chi connectivity index (χ1n) is 8.72. The van der Waals surface area contributed by atoms with E-state index in [2.05, 4.69) is 39.9 Å². The number of aliphatic carboxylic acids is 1. The summed E-state index contributed by atoms with van der Waals surface area (Å²) in [6, 6.07) is 1.10. The topological polar surface area (TPSA) is 49.3 Å². The van der Waals surface area contributed by atoms with Crippen molar-refractivity contribution in [2.24, 2.45) is 29.1 Å². The summed E-state index contributed by atoms with van der Waals surface area (Å²) in [6.07, 6.45) is 5.68. The normalized spacial score (nSPS) is 43.5. The average Bonchev–Trinajstić information content (AvgIpc) is 2.39. The Labute approximate surface area is 129 Å². The largest absolute Gasteiger partial charge is 0.481 e. The summed E-state index contributed by atoms with van der Waals surface area (Å²) in [6.45, 7) is 11.2. The number of nitrogens with one attached hydrogen (secondary N) is 1. The van der Waals surface area contributed by atoms with Crippen molar-refractivity contribution in [2.45, 2.75) is 78.8 Å². The molecule has 3 nitrogen and oxygen atoms in total. The molecule has 0 radical (unpaired) electrons. The number of carboxylic acid groups (broad SMARTS) is 1. The van der Waals surface area contributed by atoms with Gasteiger partial charge in [-0.1, -0.05) is 34.6 Å². The molecule has 21 heavy (non-hydrogen) atoms. The van der Waals surface area contributed by atoms with Gasteiger partial charge in [-0.15, -0.1) is 0 Å². The second kappa shape index (κ2) is 6.28. The first kappa shape index (κ1) is 16.8. The monoisotopic (exact) mass is 295 g/mol. The zero-order valence-electron chi connectivity index (χ0n) is 14.4. The number of carbonyl (C=O) groups is 1. The van der Waals surface area contributed by atoms with E-state index in [-0.39, 0.29) is 11.3 Å². The van der Waals surface area contributed by atoms with Crippen molar-refractivity contribution in [3.05, 3.63) is 0 Å². The highest BCUT2D eigenvalue weighted by molar-refractivity contribution is 5.71. The first-order chi connectivity index (χ1) is 9.73. The third-order valence-electron chi connectivity index (χ3n) is 6.79. The predicted molar refractivity (Wildman–Crippen MR) is 86.2 cm³/mol. The Morgan fingerprint density at radius 3 is 2.29 bits per heavy atom. The SMILES string of the molecule is CC1CCC(NC2CCC(C(=O)O)C(C)(C)C2C)CC1C. The Hall–Kier alpha value is -0.570. The standard InChI is InChI=1S/C18H33NO2/c1-11-6-7-14(10-12(11)2)19-16-9-8-15(17(20)21)18(4,5)13(16)3/h11-16,19H,6-10H2,1-5H3,(H,20,21). The van der Waals surface area contributed by atoms with Crippen molar-refractivity contribution < 1.29 is 9.90 Å². The van der Waals surface area contributed by atoms with Crippen LogP contribution in [0.2, 0.25) is 0 Å². The number of hydrogen-bond acceptors (Lipinski definition) is 2. The van der Waals surface area contributed by atoms with Gasteiger partial charge in [-0.2, -0.15) is 0 Å². The second-order valence-electron chi connectivity index (χ2n) is 8.32. The van der Waals surface area contributed by atoms with Crippen LogP contribution in [0.5, 0.6) is 0 Å². The zero-order chi connectivity index (χ0) is 15.8. The quantitative estimate of drug-likeness (QED) is 0.829. The second-order valence-corrected chi connectivity index (χ2v) is 8.32. The van der Waals surface area contributed by atoms with Crippen LogP contribution in [0.4, 0.5) is 0 Å². The summed E-state index contributed by atoms with van der Waals surface area (Å²) >= 11 is 0. The van der Waals surface area contributed by atoms with E-state index in [1.165, 1.54) is 19.3 Å². The van der Waals surface area contributed by atoms with Crippen molar-refractivity contribution in [3.63, 3.8) is 0 Å². The molecule has 2 saturated carbocycles. The fourth-order valence-electron chi connectivity index (χ4n) is 4.48. The molecule has 3 heteroatoms. The van der Waals surface area contributed by atoms with Gasteiger partial charge < -0.3 is 10.4 Å². The molecular weight excluding hydrogens is 262 g/mol. The average molecular weight is 295 g/mol. The molecule has 0 bridgehead atoms. The summed E-state index contributed by atoms with van der Waals surface area (Å²) < 4.78 is 0. The molecule has 0 amide bonds. The summed E-state index contributed by atoms with van der Waals surface area (Å²) in [5.41, 5.74) is -0.130. The highest BCUT2D eigenvalue weighted by atomic mass is 16.4. The maximum Gasteiger partial charge on any atom is 0.307 e. The van der Waals surface area contributed by atoms with Gasteiger partial charge in [-0.25, -0.2) is 0 Å². The highest BCUT2D eigenvalue weighted by Crippen LogP contribution is 2.45. The minimum Gasteiger partial charge on any atom is -0.481 e. The van der Waals surface area contributed by atoms with Gasteiger partial charge >= 0.3 is 5.97 Å². The van der Waals surface area contributed by atoms with Gasteiger partial charge in [0.15, 0.2) is 0 Å². The molecule has 2 fully saturated rings. The molecule has 122 valence electrons. The molecule has 0 aromatic carbocycles. The summed E-state index contributed by atoms with van der Waals surface area (Å²) in [5, 5.41) is 13.3. The summed E-state index contributed by atoms with van der Waals surface area (Å²) in [4.78, 5) is 11.5. The molecule has 2 N–H and O–H groups in total. The maximum absolute atomic E-state index is 11.5. The fraction of sp³-hybridized carbons (Fsp3) is 0.944. The van der Waals surface area contributed by atoms with Crippen LogP contribution in [0.25, 0.3) is 0 Å².